The third-order valence-electron chi connectivity index (χ3n) is 4.09. The molecular formula is C20H18O4S. The van der Waals surface area contributed by atoms with E-state index >= 15 is 0 Å². The van der Waals surface area contributed by atoms with Crippen molar-refractivity contribution in [1.29, 1.82) is 0 Å². The second kappa shape index (κ2) is 7.09. The average molecular weight is 354 g/mol. The summed E-state index contributed by atoms with van der Waals surface area (Å²) in [6, 6.07) is 24.0. The largest absolute Gasteiger partial charge is 0.497 e. The van der Waals surface area contributed by atoms with Crippen LogP contribution in [0.15, 0.2) is 83.8 Å². The summed E-state index contributed by atoms with van der Waals surface area (Å²) in [4.78, 5) is -0.113. The van der Waals surface area contributed by atoms with Crippen molar-refractivity contribution in [2.75, 3.05) is 7.11 Å². The lowest BCUT2D eigenvalue weighted by atomic mass is 9.85. The molecule has 4 nitrogen and oxygen atoms in total. The van der Waals surface area contributed by atoms with Crippen LogP contribution in [-0.2, 0) is 10.1 Å². The van der Waals surface area contributed by atoms with Crippen LogP contribution in [0.4, 0.5) is 0 Å². The van der Waals surface area contributed by atoms with E-state index in [0.717, 1.165) is 22.4 Å². The Labute approximate surface area is 147 Å². The molecule has 1 unspecified atom stereocenters. The van der Waals surface area contributed by atoms with Gasteiger partial charge in [-0.1, -0.05) is 54.6 Å². The van der Waals surface area contributed by atoms with Crippen LogP contribution in [0, 0.1) is 0 Å². The zero-order valence-electron chi connectivity index (χ0n) is 13.7. The van der Waals surface area contributed by atoms with Crippen molar-refractivity contribution < 1.29 is 17.7 Å². The fourth-order valence-corrected chi connectivity index (χ4v) is 3.33. The van der Waals surface area contributed by atoms with Gasteiger partial charge in [0, 0.05) is 5.92 Å². The van der Waals surface area contributed by atoms with Gasteiger partial charge in [-0.2, -0.15) is 8.42 Å². The minimum absolute atomic E-state index is 0.0532. The van der Waals surface area contributed by atoms with Gasteiger partial charge in [-0.3, -0.25) is 4.55 Å². The Morgan fingerprint density at radius 1 is 0.760 bits per heavy atom. The number of ether oxygens (including phenoxy) is 1. The lowest BCUT2D eigenvalue weighted by molar-refractivity contribution is 0.414. The third kappa shape index (κ3) is 3.90. The fourth-order valence-electron chi connectivity index (χ4n) is 2.85. The zero-order chi connectivity index (χ0) is 17.9. The van der Waals surface area contributed by atoms with Crippen molar-refractivity contribution in [3.05, 3.63) is 95.6 Å². The van der Waals surface area contributed by atoms with Gasteiger partial charge in [0.15, 0.2) is 0 Å². The fraction of sp³-hybridized carbons (Fsp3) is 0.100. The van der Waals surface area contributed by atoms with Gasteiger partial charge in [0.2, 0.25) is 0 Å². The van der Waals surface area contributed by atoms with Gasteiger partial charge in [0.1, 0.15) is 5.75 Å². The highest BCUT2D eigenvalue weighted by Gasteiger charge is 2.18. The summed E-state index contributed by atoms with van der Waals surface area (Å²) in [5.74, 6) is 0.722. The molecule has 0 heterocycles. The van der Waals surface area contributed by atoms with E-state index in [1.807, 2.05) is 54.6 Å². The molecule has 0 amide bonds. The van der Waals surface area contributed by atoms with Crippen molar-refractivity contribution in [2.45, 2.75) is 10.8 Å². The van der Waals surface area contributed by atoms with Crippen molar-refractivity contribution in [3.8, 4) is 5.75 Å². The van der Waals surface area contributed by atoms with Crippen molar-refractivity contribution in [2.24, 2.45) is 0 Å². The number of benzene rings is 3. The molecule has 3 aromatic carbocycles. The third-order valence-corrected chi connectivity index (χ3v) is 4.96. The maximum Gasteiger partial charge on any atom is 0.294 e. The molecule has 3 aromatic rings. The Morgan fingerprint density at radius 2 is 1.24 bits per heavy atom. The van der Waals surface area contributed by atoms with Crippen LogP contribution in [0.25, 0.3) is 0 Å². The highest BCUT2D eigenvalue weighted by molar-refractivity contribution is 7.85. The average Bonchev–Trinajstić information content (AvgIpc) is 2.63. The van der Waals surface area contributed by atoms with E-state index in [9.17, 15) is 8.42 Å². The Balaban J connectivity index is 2.08. The standard InChI is InChI=1S/C20H18O4S/c1-24-18-11-7-16(8-12-18)20(15-5-3-2-4-6-15)17-9-13-19(14-10-17)25(21,22)23/h2-14,20H,1H3,(H,21,22,23). The molecule has 128 valence electrons. The lowest BCUT2D eigenvalue weighted by Crippen LogP contribution is -2.04. The normalized spacial score (nSPS) is 12.6. The van der Waals surface area contributed by atoms with Crippen molar-refractivity contribution in [1.82, 2.24) is 0 Å². The lowest BCUT2D eigenvalue weighted by Gasteiger charge is -2.19. The smallest absolute Gasteiger partial charge is 0.294 e. The first-order valence-electron chi connectivity index (χ1n) is 7.75. The highest BCUT2D eigenvalue weighted by atomic mass is 32.2. The van der Waals surface area contributed by atoms with Crippen LogP contribution >= 0.6 is 0 Å². The van der Waals surface area contributed by atoms with Gasteiger partial charge < -0.3 is 4.74 Å². The summed E-state index contributed by atoms with van der Waals surface area (Å²) < 4.78 is 36.9. The van der Waals surface area contributed by atoms with Gasteiger partial charge in [0.25, 0.3) is 10.1 Å². The number of hydrogen-bond acceptors (Lipinski definition) is 3. The number of methoxy groups -OCH3 is 1. The van der Waals surface area contributed by atoms with Crippen LogP contribution in [0.1, 0.15) is 22.6 Å². The van der Waals surface area contributed by atoms with E-state index in [0.29, 0.717) is 0 Å². The SMILES string of the molecule is COc1ccc(C(c2ccccc2)c2ccc(S(=O)(=O)O)cc2)cc1. The molecule has 1 atom stereocenters. The number of hydrogen-bond donors (Lipinski definition) is 1. The van der Waals surface area contributed by atoms with E-state index < -0.39 is 10.1 Å². The first-order chi connectivity index (χ1) is 12.0. The summed E-state index contributed by atoms with van der Waals surface area (Å²) in [7, 11) is -2.58. The molecule has 0 fully saturated rings. The van der Waals surface area contributed by atoms with Crippen LogP contribution in [0.3, 0.4) is 0 Å². The van der Waals surface area contributed by atoms with Crippen LogP contribution in [0.5, 0.6) is 5.75 Å². The summed E-state index contributed by atoms with van der Waals surface area (Å²) in [5, 5.41) is 0. The highest BCUT2D eigenvalue weighted by Crippen LogP contribution is 2.33. The second-order valence-electron chi connectivity index (χ2n) is 5.66. The molecule has 3 rings (SSSR count). The molecule has 5 heteroatoms. The van der Waals surface area contributed by atoms with Crippen molar-refractivity contribution >= 4 is 10.1 Å². The van der Waals surface area contributed by atoms with Crippen LogP contribution < -0.4 is 4.74 Å². The van der Waals surface area contributed by atoms with Gasteiger partial charge in [0.05, 0.1) is 12.0 Å². The summed E-state index contributed by atoms with van der Waals surface area (Å²) in [6.45, 7) is 0. The Hall–Kier alpha value is -2.63. The van der Waals surface area contributed by atoms with Gasteiger partial charge >= 0.3 is 0 Å². The predicted octanol–water partition coefficient (Wildman–Crippen LogP) is 4.12. The minimum atomic E-state index is -4.20. The second-order valence-corrected chi connectivity index (χ2v) is 7.08. The zero-order valence-corrected chi connectivity index (χ0v) is 14.5. The molecule has 0 aliphatic rings. The summed E-state index contributed by atoms with van der Waals surface area (Å²) in [6.07, 6.45) is 0. The van der Waals surface area contributed by atoms with Crippen molar-refractivity contribution in [3.63, 3.8) is 0 Å². The van der Waals surface area contributed by atoms with E-state index in [2.05, 4.69) is 0 Å². The molecule has 0 spiro atoms. The van der Waals surface area contributed by atoms with Gasteiger partial charge in [-0.25, -0.2) is 0 Å². The molecule has 0 aromatic heterocycles. The molecule has 1 N–H and O–H groups in total. The summed E-state index contributed by atoms with van der Waals surface area (Å²) >= 11 is 0. The topological polar surface area (TPSA) is 63.6 Å². The van der Waals surface area contributed by atoms with E-state index in [1.165, 1.54) is 12.1 Å². The van der Waals surface area contributed by atoms with Gasteiger partial charge in [-0.05, 0) is 41.0 Å². The quantitative estimate of drug-likeness (QED) is 0.553. The monoisotopic (exact) mass is 354 g/mol. The maximum absolute atomic E-state index is 11.3. The van der Waals surface area contributed by atoms with E-state index in [4.69, 9.17) is 9.29 Å². The molecule has 0 bridgehead atoms. The molecule has 0 saturated heterocycles. The van der Waals surface area contributed by atoms with Crippen LogP contribution in [-0.4, -0.2) is 20.1 Å². The first kappa shape index (κ1) is 17.2. The van der Waals surface area contributed by atoms with Crippen LogP contribution in [0.2, 0.25) is 0 Å². The Bertz CT molecular complexity index is 931. The Morgan fingerprint density at radius 3 is 1.72 bits per heavy atom. The molecular weight excluding hydrogens is 336 g/mol. The van der Waals surface area contributed by atoms with E-state index in [-0.39, 0.29) is 10.8 Å². The molecule has 25 heavy (non-hydrogen) atoms. The molecule has 0 saturated carbocycles. The molecule has 0 radical (unpaired) electrons. The predicted molar refractivity (Wildman–Crippen MR) is 96.6 cm³/mol. The Kier molecular flexibility index (Phi) is 4.88. The van der Waals surface area contributed by atoms with Gasteiger partial charge in [-0.15, -0.1) is 0 Å². The number of rotatable bonds is 5. The first-order valence-corrected chi connectivity index (χ1v) is 9.19. The minimum Gasteiger partial charge on any atom is -0.497 e. The molecule has 0 aliphatic carbocycles. The molecule has 0 aliphatic heterocycles. The summed E-state index contributed by atoms with van der Waals surface area (Å²) in [5.41, 5.74) is 3.09. The maximum atomic E-state index is 11.3. The van der Waals surface area contributed by atoms with E-state index in [1.54, 1.807) is 19.2 Å².